The van der Waals surface area contributed by atoms with Crippen molar-refractivity contribution in [3.63, 3.8) is 0 Å². The number of fused-ring (bicyclic) bond motifs is 1. The maximum atomic E-state index is 5.50. The highest BCUT2D eigenvalue weighted by atomic mass is 16.5. The largest absolute Gasteiger partial charge is 0.493 e. The molecule has 3 nitrogen and oxygen atoms in total. The van der Waals surface area contributed by atoms with Crippen LogP contribution in [0.1, 0.15) is 30.9 Å². The topological polar surface area (TPSA) is 30.5 Å². The van der Waals surface area contributed by atoms with Crippen LogP contribution in [0.15, 0.2) is 18.2 Å². The highest BCUT2D eigenvalue weighted by Gasteiger charge is 2.11. The predicted molar refractivity (Wildman–Crippen MR) is 73.1 cm³/mol. The Morgan fingerprint density at radius 1 is 1.33 bits per heavy atom. The summed E-state index contributed by atoms with van der Waals surface area (Å²) in [7, 11) is 0. The number of benzene rings is 1. The van der Waals surface area contributed by atoms with Gasteiger partial charge in [0, 0.05) is 26.1 Å². The van der Waals surface area contributed by atoms with E-state index in [1.165, 1.54) is 17.5 Å². The smallest absolute Gasteiger partial charge is 0.122 e. The first kappa shape index (κ1) is 13.4. The number of rotatable bonds is 8. The van der Waals surface area contributed by atoms with Crippen molar-refractivity contribution in [2.75, 3.05) is 26.4 Å². The monoisotopic (exact) mass is 249 g/mol. The Hall–Kier alpha value is -1.06. The van der Waals surface area contributed by atoms with Crippen molar-refractivity contribution in [2.45, 2.75) is 32.7 Å². The summed E-state index contributed by atoms with van der Waals surface area (Å²) in [6.07, 6.45) is 3.40. The maximum Gasteiger partial charge on any atom is 0.122 e. The molecular weight excluding hydrogens is 226 g/mol. The fourth-order valence-electron chi connectivity index (χ4n) is 2.08. The second kappa shape index (κ2) is 7.39. The van der Waals surface area contributed by atoms with Gasteiger partial charge in [-0.3, -0.25) is 0 Å². The Balaban J connectivity index is 1.62. The number of ether oxygens (including phenoxy) is 2. The van der Waals surface area contributed by atoms with Gasteiger partial charge in [-0.25, -0.2) is 0 Å². The first-order chi connectivity index (χ1) is 8.90. The Kier molecular flexibility index (Phi) is 5.49. The molecule has 1 aliphatic rings. The summed E-state index contributed by atoms with van der Waals surface area (Å²) in [5, 5.41) is 3.40. The first-order valence-electron chi connectivity index (χ1n) is 6.93. The zero-order valence-electron chi connectivity index (χ0n) is 11.2. The highest BCUT2D eigenvalue weighted by Crippen LogP contribution is 2.25. The Morgan fingerprint density at radius 3 is 3.17 bits per heavy atom. The van der Waals surface area contributed by atoms with Gasteiger partial charge in [-0.15, -0.1) is 0 Å². The summed E-state index contributed by atoms with van der Waals surface area (Å²) in [5.74, 6) is 1.06. The lowest BCUT2D eigenvalue weighted by Gasteiger charge is -2.07. The van der Waals surface area contributed by atoms with Gasteiger partial charge in [-0.05, 0) is 23.6 Å². The molecule has 0 spiro atoms. The fraction of sp³-hybridized carbons (Fsp3) is 0.600. The van der Waals surface area contributed by atoms with Crippen LogP contribution < -0.4 is 10.1 Å². The third-order valence-electron chi connectivity index (χ3n) is 3.15. The third kappa shape index (κ3) is 4.00. The molecular formula is C15H23NO2. The summed E-state index contributed by atoms with van der Waals surface area (Å²) in [5.41, 5.74) is 2.67. The molecule has 0 saturated heterocycles. The lowest BCUT2D eigenvalue weighted by atomic mass is 10.1. The minimum absolute atomic E-state index is 0.800. The predicted octanol–water partition coefficient (Wildman–Crippen LogP) is 2.53. The van der Waals surface area contributed by atoms with Gasteiger partial charge in [0.25, 0.3) is 0 Å². The van der Waals surface area contributed by atoms with Crippen molar-refractivity contribution < 1.29 is 9.47 Å². The number of nitrogens with one attached hydrogen (secondary N) is 1. The quantitative estimate of drug-likeness (QED) is 0.718. The Morgan fingerprint density at radius 2 is 2.28 bits per heavy atom. The normalized spacial score (nSPS) is 13.4. The van der Waals surface area contributed by atoms with Crippen LogP contribution in [0, 0.1) is 0 Å². The van der Waals surface area contributed by atoms with E-state index in [2.05, 4.69) is 30.4 Å². The van der Waals surface area contributed by atoms with Crippen molar-refractivity contribution >= 4 is 0 Å². The summed E-state index contributed by atoms with van der Waals surface area (Å²) in [6.45, 7) is 6.51. The zero-order valence-corrected chi connectivity index (χ0v) is 11.2. The fourth-order valence-corrected chi connectivity index (χ4v) is 2.08. The van der Waals surface area contributed by atoms with Crippen LogP contribution in [0.2, 0.25) is 0 Å². The lowest BCUT2D eigenvalue weighted by Crippen LogP contribution is -2.19. The Labute approximate surface area is 109 Å². The van der Waals surface area contributed by atoms with Gasteiger partial charge in [0.05, 0.1) is 13.2 Å². The van der Waals surface area contributed by atoms with E-state index in [0.717, 1.165) is 51.5 Å². The van der Waals surface area contributed by atoms with E-state index in [4.69, 9.17) is 9.47 Å². The SMILES string of the molecule is CCCCOCCNCc1ccc2c(c1)CCO2. The second-order valence-corrected chi connectivity index (χ2v) is 4.68. The molecule has 1 heterocycles. The zero-order chi connectivity index (χ0) is 12.6. The van der Waals surface area contributed by atoms with Crippen LogP contribution in [-0.4, -0.2) is 26.4 Å². The van der Waals surface area contributed by atoms with Crippen LogP contribution >= 0.6 is 0 Å². The maximum absolute atomic E-state index is 5.50. The van der Waals surface area contributed by atoms with Crippen molar-refractivity contribution in [3.05, 3.63) is 29.3 Å². The molecule has 0 radical (unpaired) electrons. The number of hydrogen-bond donors (Lipinski definition) is 1. The van der Waals surface area contributed by atoms with E-state index in [-0.39, 0.29) is 0 Å². The van der Waals surface area contributed by atoms with E-state index >= 15 is 0 Å². The molecule has 0 aliphatic carbocycles. The summed E-state index contributed by atoms with van der Waals surface area (Å²) < 4.78 is 11.0. The molecule has 0 unspecified atom stereocenters. The van der Waals surface area contributed by atoms with E-state index in [9.17, 15) is 0 Å². The summed E-state index contributed by atoms with van der Waals surface area (Å²) >= 11 is 0. The molecule has 2 rings (SSSR count). The molecule has 1 aromatic rings. The Bertz CT molecular complexity index is 366. The van der Waals surface area contributed by atoms with E-state index in [1.54, 1.807) is 0 Å². The van der Waals surface area contributed by atoms with Gasteiger partial charge in [0.2, 0.25) is 0 Å². The van der Waals surface area contributed by atoms with E-state index < -0.39 is 0 Å². The van der Waals surface area contributed by atoms with Crippen molar-refractivity contribution in [2.24, 2.45) is 0 Å². The van der Waals surface area contributed by atoms with Crippen LogP contribution in [0.5, 0.6) is 5.75 Å². The van der Waals surface area contributed by atoms with Gasteiger partial charge in [-0.2, -0.15) is 0 Å². The average molecular weight is 249 g/mol. The molecule has 0 bridgehead atoms. The molecule has 0 fully saturated rings. The van der Waals surface area contributed by atoms with Gasteiger partial charge >= 0.3 is 0 Å². The van der Waals surface area contributed by atoms with Crippen LogP contribution in [-0.2, 0) is 17.7 Å². The van der Waals surface area contributed by atoms with Crippen molar-refractivity contribution in [1.82, 2.24) is 5.32 Å². The lowest BCUT2D eigenvalue weighted by molar-refractivity contribution is 0.133. The molecule has 100 valence electrons. The number of unbranched alkanes of at least 4 members (excludes halogenated alkanes) is 1. The molecule has 1 aliphatic heterocycles. The van der Waals surface area contributed by atoms with Gasteiger partial charge in [0.1, 0.15) is 5.75 Å². The summed E-state index contributed by atoms with van der Waals surface area (Å²) in [6, 6.07) is 6.46. The minimum atomic E-state index is 0.800. The van der Waals surface area contributed by atoms with Gasteiger partial charge in [0.15, 0.2) is 0 Å². The van der Waals surface area contributed by atoms with Crippen molar-refractivity contribution in [3.8, 4) is 5.75 Å². The second-order valence-electron chi connectivity index (χ2n) is 4.68. The first-order valence-corrected chi connectivity index (χ1v) is 6.93. The molecule has 18 heavy (non-hydrogen) atoms. The molecule has 0 aromatic heterocycles. The minimum Gasteiger partial charge on any atom is -0.493 e. The third-order valence-corrected chi connectivity index (χ3v) is 3.15. The van der Waals surface area contributed by atoms with Crippen molar-refractivity contribution in [1.29, 1.82) is 0 Å². The molecule has 0 atom stereocenters. The summed E-state index contributed by atoms with van der Waals surface area (Å²) in [4.78, 5) is 0. The highest BCUT2D eigenvalue weighted by molar-refractivity contribution is 5.39. The average Bonchev–Trinajstić information content (AvgIpc) is 2.85. The van der Waals surface area contributed by atoms with Crippen LogP contribution in [0.3, 0.4) is 0 Å². The van der Waals surface area contributed by atoms with E-state index in [0.29, 0.717) is 0 Å². The molecule has 0 saturated carbocycles. The standard InChI is InChI=1S/C15H23NO2/c1-2-3-8-17-10-7-16-12-13-4-5-15-14(11-13)6-9-18-15/h4-5,11,16H,2-3,6-10,12H2,1H3. The molecule has 1 N–H and O–H groups in total. The van der Waals surface area contributed by atoms with Gasteiger partial charge in [-0.1, -0.05) is 25.5 Å². The molecule has 3 heteroatoms. The van der Waals surface area contributed by atoms with Gasteiger partial charge < -0.3 is 14.8 Å². The van der Waals surface area contributed by atoms with Crippen LogP contribution in [0.4, 0.5) is 0 Å². The molecule has 1 aromatic carbocycles. The molecule has 0 amide bonds. The van der Waals surface area contributed by atoms with E-state index in [1.807, 2.05) is 0 Å². The van der Waals surface area contributed by atoms with Crippen LogP contribution in [0.25, 0.3) is 0 Å². The number of hydrogen-bond acceptors (Lipinski definition) is 3.